The van der Waals surface area contributed by atoms with Gasteiger partial charge in [0, 0.05) is 37.3 Å². The van der Waals surface area contributed by atoms with Crippen molar-refractivity contribution in [3.05, 3.63) is 89.3 Å². The van der Waals surface area contributed by atoms with Gasteiger partial charge in [-0.1, -0.05) is 41.9 Å². The van der Waals surface area contributed by atoms with Crippen molar-refractivity contribution in [1.29, 1.82) is 0 Å². The summed E-state index contributed by atoms with van der Waals surface area (Å²) in [6, 6.07) is 18.4. The van der Waals surface area contributed by atoms with E-state index in [0.29, 0.717) is 36.9 Å². The molecule has 1 aliphatic rings. The topological polar surface area (TPSA) is 65.8 Å². The fraction of sp³-hybridized carbons (Fsp3) is 0.167. The van der Waals surface area contributed by atoms with Crippen LogP contribution in [0.5, 0.6) is 0 Å². The van der Waals surface area contributed by atoms with E-state index in [0.717, 1.165) is 11.3 Å². The summed E-state index contributed by atoms with van der Waals surface area (Å²) >= 11 is 6.16. The van der Waals surface area contributed by atoms with Gasteiger partial charge in [-0.3, -0.25) is 9.59 Å². The molecule has 31 heavy (non-hydrogen) atoms. The lowest BCUT2D eigenvalue weighted by Crippen LogP contribution is -2.48. The molecule has 1 saturated heterocycles. The first-order valence-electron chi connectivity index (χ1n) is 10.0. The van der Waals surface area contributed by atoms with E-state index in [2.05, 4.69) is 10.2 Å². The molecule has 2 heterocycles. The second-order valence-corrected chi connectivity index (χ2v) is 7.59. The van der Waals surface area contributed by atoms with E-state index in [4.69, 9.17) is 16.0 Å². The molecule has 4 rings (SSSR count). The van der Waals surface area contributed by atoms with Crippen LogP contribution in [0.1, 0.15) is 16.1 Å². The van der Waals surface area contributed by atoms with E-state index in [1.165, 1.54) is 6.26 Å². The molecular formula is C24H22ClN3O3. The number of benzene rings is 2. The lowest BCUT2D eigenvalue weighted by Gasteiger charge is -2.36. The number of anilines is 2. The minimum absolute atomic E-state index is 0.00838. The van der Waals surface area contributed by atoms with Crippen LogP contribution in [-0.2, 0) is 4.79 Å². The number of carbonyl (C=O) groups excluding carboxylic acids is 2. The molecule has 6 nitrogen and oxygen atoms in total. The van der Waals surface area contributed by atoms with Crippen LogP contribution in [0.25, 0.3) is 6.08 Å². The third kappa shape index (κ3) is 5.16. The van der Waals surface area contributed by atoms with Crippen LogP contribution in [0.2, 0.25) is 5.02 Å². The summed E-state index contributed by atoms with van der Waals surface area (Å²) in [4.78, 5) is 28.9. The Morgan fingerprint density at radius 1 is 0.968 bits per heavy atom. The molecule has 1 fully saturated rings. The molecule has 0 unspecified atom stereocenters. The fourth-order valence-corrected chi connectivity index (χ4v) is 3.65. The summed E-state index contributed by atoms with van der Waals surface area (Å²) < 4.78 is 5.17. The highest BCUT2D eigenvalue weighted by atomic mass is 35.5. The predicted octanol–water partition coefficient (Wildman–Crippen LogP) is 4.55. The average molecular weight is 436 g/mol. The standard InChI is InChI=1S/C24H22ClN3O3/c25-19-9-10-21(20(17-19)26-24(30)22-7-4-16-31-22)27-12-14-28(15-13-27)23(29)11-8-18-5-2-1-3-6-18/h1-11,16-17H,12-15H2,(H,26,30)/b11-8+. The Labute approximate surface area is 185 Å². The quantitative estimate of drug-likeness (QED) is 0.597. The third-order valence-electron chi connectivity index (χ3n) is 5.10. The first kappa shape index (κ1) is 20.8. The Morgan fingerprint density at radius 3 is 2.45 bits per heavy atom. The maximum atomic E-state index is 12.5. The molecule has 0 aliphatic carbocycles. The number of rotatable bonds is 5. The van der Waals surface area contributed by atoms with E-state index >= 15 is 0 Å². The molecular weight excluding hydrogens is 414 g/mol. The van der Waals surface area contributed by atoms with E-state index < -0.39 is 0 Å². The Bertz CT molecular complexity index is 1070. The Kier molecular flexibility index (Phi) is 6.38. The molecule has 7 heteroatoms. The zero-order chi connectivity index (χ0) is 21.6. The van der Waals surface area contributed by atoms with Crippen molar-refractivity contribution in [2.24, 2.45) is 0 Å². The fourth-order valence-electron chi connectivity index (χ4n) is 3.48. The number of carbonyl (C=O) groups is 2. The van der Waals surface area contributed by atoms with Gasteiger partial charge >= 0.3 is 0 Å². The molecule has 0 bridgehead atoms. The number of piperazine rings is 1. The van der Waals surface area contributed by atoms with Crippen molar-refractivity contribution in [2.75, 3.05) is 36.4 Å². The van der Waals surface area contributed by atoms with E-state index in [9.17, 15) is 9.59 Å². The van der Waals surface area contributed by atoms with Crippen LogP contribution in [0, 0.1) is 0 Å². The van der Waals surface area contributed by atoms with Crippen LogP contribution in [0.15, 0.2) is 77.4 Å². The molecule has 0 atom stereocenters. The molecule has 1 aliphatic heterocycles. The highest BCUT2D eigenvalue weighted by molar-refractivity contribution is 6.31. The van der Waals surface area contributed by atoms with Gasteiger partial charge in [0.05, 0.1) is 17.6 Å². The SMILES string of the molecule is O=C(Nc1cc(Cl)ccc1N1CCN(C(=O)/C=C/c2ccccc2)CC1)c1ccco1. The second-order valence-electron chi connectivity index (χ2n) is 7.15. The lowest BCUT2D eigenvalue weighted by molar-refractivity contribution is -0.126. The monoisotopic (exact) mass is 435 g/mol. The normalized spacial score (nSPS) is 14.1. The number of nitrogens with one attached hydrogen (secondary N) is 1. The smallest absolute Gasteiger partial charge is 0.291 e. The van der Waals surface area contributed by atoms with Gasteiger partial charge in [0.15, 0.2) is 5.76 Å². The van der Waals surface area contributed by atoms with Gasteiger partial charge in [-0.15, -0.1) is 0 Å². The number of hydrogen-bond acceptors (Lipinski definition) is 4. The summed E-state index contributed by atoms with van der Waals surface area (Å²) in [6.45, 7) is 2.48. The van der Waals surface area contributed by atoms with Gasteiger partial charge in [-0.25, -0.2) is 0 Å². The molecule has 0 radical (unpaired) electrons. The first-order chi connectivity index (χ1) is 15.1. The van der Waals surface area contributed by atoms with Crippen LogP contribution in [0.3, 0.4) is 0 Å². The molecule has 3 aromatic rings. The highest BCUT2D eigenvalue weighted by Crippen LogP contribution is 2.30. The van der Waals surface area contributed by atoms with Gasteiger partial charge in [0.2, 0.25) is 5.91 Å². The number of furan rings is 1. The number of hydrogen-bond donors (Lipinski definition) is 1. The summed E-state index contributed by atoms with van der Waals surface area (Å²) in [7, 11) is 0. The van der Waals surface area contributed by atoms with Crippen molar-refractivity contribution < 1.29 is 14.0 Å². The minimum atomic E-state index is -0.339. The average Bonchev–Trinajstić information content (AvgIpc) is 3.34. The van der Waals surface area contributed by atoms with Crippen molar-refractivity contribution in [2.45, 2.75) is 0 Å². The summed E-state index contributed by atoms with van der Waals surface area (Å²) in [5, 5.41) is 3.40. The number of nitrogens with zero attached hydrogens (tertiary/aromatic N) is 2. The van der Waals surface area contributed by atoms with E-state index in [1.807, 2.05) is 47.4 Å². The van der Waals surface area contributed by atoms with Gasteiger partial charge in [-0.05, 0) is 42.0 Å². The third-order valence-corrected chi connectivity index (χ3v) is 5.34. The van der Waals surface area contributed by atoms with E-state index in [1.54, 1.807) is 30.3 Å². The zero-order valence-electron chi connectivity index (χ0n) is 16.8. The number of amides is 2. The molecule has 0 spiro atoms. The molecule has 158 valence electrons. The predicted molar refractivity (Wildman–Crippen MR) is 122 cm³/mol. The Balaban J connectivity index is 1.41. The Hall–Kier alpha value is -3.51. The van der Waals surface area contributed by atoms with Crippen LogP contribution in [-0.4, -0.2) is 42.9 Å². The van der Waals surface area contributed by atoms with Gasteiger partial charge in [0.25, 0.3) is 5.91 Å². The molecule has 1 N–H and O–H groups in total. The second kappa shape index (κ2) is 9.53. The zero-order valence-corrected chi connectivity index (χ0v) is 17.6. The van der Waals surface area contributed by atoms with Crippen molar-refractivity contribution in [1.82, 2.24) is 4.90 Å². The summed E-state index contributed by atoms with van der Waals surface area (Å²) in [5.74, 6) is -0.120. The minimum Gasteiger partial charge on any atom is -0.459 e. The van der Waals surface area contributed by atoms with Gasteiger partial charge < -0.3 is 19.5 Å². The van der Waals surface area contributed by atoms with E-state index in [-0.39, 0.29) is 17.6 Å². The molecule has 0 saturated carbocycles. The van der Waals surface area contributed by atoms with Crippen LogP contribution >= 0.6 is 11.6 Å². The summed E-state index contributed by atoms with van der Waals surface area (Å²) in [5.41, 5.74) is 2.46. The maximum Gasteiger partial charge on any atom is 0.291 e. The van der Waals surface area contributed by atoms with Crippen molar-refractivity contribution >= 4 is 40.9 Å². The highest BCUT2D eigenvalue weighted by Gasteiger charge is 2.22. The molecule has 2 amide bonds. The van der Waals surface area contributed by atoms with Crippen molar-refractivity contribution in [3.63, 3.8) is 0 Å². The van der Waals surface area contributed by atoms with Gasteiger partial charge in [0.1, 0.15) is 0 Å². The summed E-state index contributed by atoms with van der Waals surface area (Å²) in [6.07, 6.45) is 4.90. The molecule has 2 aromatic carbocycles. The lowest BCUT2D eigenvalue weighted by atomic mass is 10.2. The Morgan fingerprint density at radius 2 is 1.74 bits per heavy atom. The van der Waals surface area contributed by atoms with Crippen molar-refractivity contribution in [3.8, 4) is 0 Å². The van der Waals surface area contributed by atoms with Crippen LogP contribution < -0.4 is 10.2 Å². The molecule has 1 aromatic heterocycles. The number of halogens is 1. The first-order valence-corrected chi connectivity index (χ1v) is 10.4. The largest absolute Gasteiger partial charge is 0.459 e. The van der Waals surface area contributed by atoms with Gasteiger partial charge in [-0.2, -0.15) is 0 Å². The maximum absolute atomic E-state index is 12.5. The van der Waals surface area contributed by atoms with Crippen LogP contribution in [0.4, 0.5) is 11.4 Å².